The average Bonchev–Trinajstić information content (AvgIpc) is 2.83. The Morgan fingerprint density at radius 2 is 1.58 bits per heavy atom. The Morgan fingerprint density at radius 3 is 2.15 bits per heavy atom. The van der Waals surface area contributed by atoms with E-state index >= 15 is 0 Å². The highest BCUT2D eigenvalue weighted by molar-refractivity contribution is 7.89. The van der Waals surface area contributed by atoms with Gasteiger partial charge >= 0.3 is 0 Å². The summed E-state index contributed by atoms with van der Waals surface area (Å²) in [5.41, 5.74) is 0.832. The molecule has 1 saturated heterocycles. The molecular formula is C24H33ClN2O4S2. The van der Waals surface area contributed by atoms with Gasteiger partial charge in [0.15, 0.2) is 0 Å². The molecule has 0 N–H and O–H groups in total. The Labute approximate surface area is 203 Å². The molecule has 6 nitrogen and oxygen atoms in total. The molecule has 0 radical (unpaired) electrons. The predicted octanol–water partition coefficient (Wildman–Crippen LogP) is 5.28. The maximum Gasteiger partial charge on any atom is 0.243 e. The summed E-state index contributed by atoms with van der Waals surface area (Å²) in [4.78, 5) is 0.219. The van der Waals surface area contributed by atoms with Crippen LogP contribution in [0.25, 0.3) is 0 Å². The van der Waals surface area contributed by atoms with Gasteiger partial charge in [0, 0.05) is 30.2 Å². The van der Waals surface area contributed by atoms with Gasteiger partial charge in [-0.2, -0.15) is 8.61 Å². The molecule has 1 aliphatic rings. The smallest absolute Gasteiger partial charge is 0.207 e. The zero-order chi connectivity index (χ0) is 24.2. The molecule has 0 aromatic heterocycles. The van der Waals surface area contributed by atoms with E-state index < -0.39 is 20.0 Å². The second-order valence-corrected chi connectivity index (χ2v) is 12.8. The van der Waals surface area contributed by atoms with Crippen molar-refractivity contribution >= 4 is 31.6 Å². The summed E-state index contributed by atoms with van der Waals surface area (Å²) in [5.74, 6) is 0. The summed E-state index contributed by atoms with van der Waals surface area (Å²) < 4.78 is 56.5. The van der Waals surface area contributed by atoms with Gasteiger partial charge in [0.05, 0.1) is 9.79 Å². The molecule has 0 amide bonds. The van der Waals surface area contributed by atoms with Crippen LogP contribution < -0.4 is 0 Å². The molecule has 182 valence electrons. The quantitative estimate of drug-likeness (QED) is 0.458. The van der Waals surface area contributed by atoms with E-state index in [1.165, 1.54) is 28.6 Å². The van der Waals surface area contributed by atoms with E-state index in [0.717, 1.165) is 31.2 Å². The van der Waals surface area contributed by atoms with E-state index in [4.69, 9.17) is 11.6 Å². The van der Waals surface area contributed by atoms with Gasteiger partial charge in [-0.3, -0.25) is 0 Å². The number of hydrogen-bond acceptors (Lipinski definition) is 4. The van der Waals surface area contributed by atoms with Crippen molar-refractivity contribution in [2.75, 3.05) is 6.54 Å². The minimum Gasteiger partial charge on any atom is -0.207 e. The third-order valence-electron chi connectivity index (χ3n) is 6.42. The Balaban J connectivity index is 1.90. The lowest BCUT2D eigenvalue weighted by Gasteiger charge is -2.34. The number of nitrogens with zero attached hydrogens (tertiary/aromatic N) is 2. The van der Waals surface area contributed by atoms with E-state index in [2.05, 4.69) is 0 Å². The van der Waals surface area contributed by atoms with Crippen molar-refractivity contribution in [3.8, 4) is 0 Å². The van der Waals surface area contributed by atoms with Crippen LogP contribution in [0.5, 0.6) is 0 Å². The first kappa shape index (κ1) is 26.2. The van der Waals surface area contributed by atoms with Crippen LogP contribution in [-0.2, 0) is 26.6 Å². The van der Waals surface area contributed by atoms with Crippen LogP contribution in [0.1, 0.15) is 58.4 Å². The summed E-state index contributed by atoms with van der Waals surface area (Å²) in [6.07, 6.45) is 4.14. The van der Waals surface area contributed by atoms with Gasteiger partial charge < -0.3 is 0 Å². The number of piperidine rings is 1. The maximum absolute atomic E-state index is 13.5. The minimum atomic E-state index is -3.83. The van der Waals surface area contributed by atoms with Crippen LogP contribution in [-0.4, -0.2) is 44.1 Å². The first-order chi connectivity index (χ1) is 15.6. The van der Waals surface area contributed by atoms with Crippen molar-refractivity contribution in [2.45, 2.75) is 81.3 Å². The highest BCUT2D eigenvalue weighted by atomic mass is 35.5. The third kappa shape index (κ3) is 5.80. The zero-order valence-corrected chi connectivity index (χ0v) is 21.8. The normalized spacial score (nSPS) is 19.0. The molecule has 0 unspecified atom stereocenters. The standard InChI is InChI=1S/C24H33ClN2O4S2/c1-4-19(3)27(18-20-9-11-21(25)12-10-20)33(30,31)24-15-13-23(14-16-24)32(28,29)26-17-7-6-8-22(26)5-2/h9-16,19,22H,4-8,17-18H2,1-3H3/t19-,22-/m0/s1. The van der Waals surface area contributed by atoms with Gasteiger partial charge in [0.1, 0.15) is 0 Å². The fourth-order valence-electron chi connectivity index (χ4n) is 4.20. The van der Waals surface area contributed by atoms with Crippen molar-refractivity contribution in [1.29, 1.82) is 0 Å². The lowest BCUT2D eigenvalue weighted by molar-refractivity contribution is 0.246. The Kier molecular flexibility index (Phi) is 8.61. The Bertz CT molecular complexity index is 1130. The first-order valence-corrected chi connectivity index (χ1v) is 14.7. The van der Waals surface area contributed by atoms with E-state index in [9.17, 15) is 16.8 Å². The third-order valence-corrected chi connectivity index (χ3v) is 10.6. The molecule has 0 bridgehead atoms. The lowest BCUT2D eigenvalue weighted by Crippen LogP contribution is -2.43. The molecule has 2 atom stereocenters. The molecule has 0 spiro atoms. The molecule has 2 aromatic rings. The van der Waals surface area contributed by atoms with Crippen molar-refractivity contribution in [3.63, 3.8) is 0 Å². The average molecular weight is 513 g/mol. The molecule has 0 aliphatic carbocycles. The zero-order valence-electron chi connectivity index (χ0n) is 19.4. The van der Waals surface area contributed by atoms with Gasteiger partial charge in [-0.15, -0.1) is 0 Å². The lowest BCUT2D eigenvalue weighted by atomic mass is 10.0. The van der Waals surface area contributed by atoms with E-state index in [1.807, 2.05) is 32.9 Å². The summed E-state index contributed by atoms with van der Waals surface area (Å²) >= 11 is 5.97. The molecule has 9 heteroatoms. The van der Waals surface area contributed by atoms with Crippen molar-refractivity contribution in [2.24, 2.45) is 0 Å². The van der Waals surface area contributed by atoms with Gasteiger partial charge in [-0.05, 0) is 74.6 Å². The molecule has 1 fully saturated rings. The van der Waals surface area contributed by atoms with Gasteiger partial charge in [0.25, 0.3) is 0 Å². The van der Waals surface area contributed by atoms with Gasteiger partial charge in [-0.1, -0.05) is 44.0 Å². The fourth-order valence-corrected chi connectivity index (χ4v) is 7.79. The molecule has 1 aliphatic heterocycles. The van der Waals surface area contributed by atoms with Gasteiger partial charge in [0.2, 0.25) is 20.0 Å². The largest absolute Gasteiger partial charge is 0.243 e. The SMILES string of the molecule is CC[C@H]1CCCCN1S(=O)(=O)c1ccc(S(=O)(=O)N(Cc2ccc(Cl)cc2)[C@@H](C)CC)cc1. The highest BCUT2D eigenvalue weighted by Crippen LogP contribution is 2.29. The summed E-state index contributed by atoms with van der Waals surface area (Å²) in [5, 5.41) is 0.590. The fraction of sp³-hybridized carbons (Fsp3) is 0.500. The number of halogens is 1. The second kappa shape index (κ2) is 10.9. The van der Waals surface area contributed by atoms with Crippen LogP contribution in [0.15, 0.2) is 58.3 Å². The molecular weight excluding hydrogens is 480 g/mol. The molecule has 0 saturated carbocycles. The maximum atomic E-state index is 13.5. The van der Waals surface area contributed by atoms with Crippen LogP contribution >= 0.6 is 11.6 Å². The summed E-state index contributed by atoms with van der Waals surface area (Å²) in [7, 11) is -7.50. The Hall–Kier alpha value is -1.45. The predicted molar refractivity (Wildman–Crippen MR) is 132 cm³/mol. The number of hydrogen-bond donors (Lipinski definition) is 0. The number of sulfonamides is 2. The van der Waals surface area contributed by atoms with Gasteiger partial charge in [-0.25, -0.2) is 16.8 Å². The summed E-state index contributed by atoms with van der Waals surface area (Å²) in [6.45, 7) is 6.52. The summed E-state index contributed by atoms with van der Waals surface area (Å²) in [6, 6.07) is 12.5. The van der Waals surface area contributed by atoms with E-state index in [1.54, 1.807) is 16.4 Å². The van der Waals surface area contributed by atoms with Crippen LogP contribution in [0, 0.1) is 0 Å². The molecule has 33 heavy (non-hydrogen) atoms. The molecule has 1 heterocycles. The molecule has 3 rings (SSSR count). The number of rotatable bonds is 9. The number of benzene rings is 2. The highest BCUT2D eigenvalue weighted by Gasteiger charge is 2.33. The van der Waals surface area contributed by atoms with E-state index in [-0.39, 0.29) is 28.4 Å². The van der Waals surface area contributed by atoms with Crippen molar-refractivity contribution in [1.82, 2.24) is 8.61 Å². The topological polar surface area (TPSA) is 74.8 Å². The van der Waals surface area contributed by atoms with Crippen LogP contribution in [0.4, 0.5) is 0 Å². The van der Waals surface area contributed by atoms with Crippen molar-refractivity contribution < 1.29 is 16.8 Å². The van der Waals surface area contributed by atoms with Crippen molar-refractivity contribution in [3.05, 3.63) is 59.1 Å². The van der Waals surface area contributed by atoms with Crippen LogP contribution in [0.3, 0.4) is 0 Å². The molecule has 2 aromatic carbocycles. The minimum absolute atomic E-state index is 0.00701. The van der Waals surface area contributed by atoms with Crippen LogP contribution in [0.2, 0.25) is 5.02 Å². The first-order valence-electron chi connectivity index (χ1n) is 11.5. The van der Waals surface area contributed by atoms with E-state index in [0.29, 0.717) is 18.0 Å². The second-order valence-electron chi connectivity index (χ2n) is 8.58. The monoisotopic (exact) mass is 512 g/mol. The Morgan fingerprint density at radius 1 is 0.970 bits per heavy atom.